The highest BCUT2D eigenvalue weighted by Crippen LogP contribution is 2.21. The van der Waals surface area contributed by atoms with Crippen LogP contribution in [0.3, 0.4) is 0 Å². The molecule has 3 aromatic rings. The number of H-pyrrole nitrogens is 1. The number of benzene rings is 1. The molecular formula is C14H13N3O2. The van der Waals surface area contributed by atoms with E-state index in [4.69, 9.17) is 4.74 Å². The van der Waals surface area contributed by atoms with Crippen LogP contribution < -0.4 is 10.3 Å². The normalized spacial score (nSPS) is 10.8. The first kappa shape index (κ1) is 11.5. The van der Waals surface area contributed by atoms with Gasteiger partial charge in [0.05, 0.1) is 12.8 Å². The topological polar surface area (TPSA) is 59.4 Å². The Morgan fingerprint density at radius 2 is 2.00 bits per heavy atom. The number of methoxy groups -OCH3 is 1. The van der Waals surface area contributed by atoms with Crippen molar-refractivity contribution < 1.29 is 4.74 Å². The van der Waals surface area contributed by atoms with Gasteiger partial charge in [-0.05, 0) is 31.2 Å². The molecule has 0 aliphatic carbocycles. The van der Waals surface area contributed by atoms with Gasteiger partial charge < -0.3 is 9.72 Å². The summed E-state index contributed by atoms with van der Waals surface area (Å²) in [6.07, 6.45) is 1.73. The molecule has 0 bridgehead atoms. The Morgan fingerprint density at radius 1 is 1.26 bits per heavy atom. The Bertz CT molecular complexity index is 785. The molecule has 0 spiro atoms. The van der Waals surface area contributed by atoms with Crippen molar-refractivity contribution in [2.24, 2.45) is 0 Å². The number of nitrogens with zero attached hydrogens (tertiary/aromatic N) is 2. The van der Waals surface area contributed by atoms with Gasteiger partial charge in [-0.3, -0.25) is 9.20 Å². The minimum atomic E-state index is -0.0847. The fourth-order valence-electron chi connectivity index (χ4n) is 2.00. The minimum absolute atomic E-state index is 0.0847. The van der Waals surface area contributed by atoms with Gasteiger partial charge in [0, 0.05) is 23.5 Å². The molecule has 3 rings (SSSR count). The molecule has 0 unspecified atom stereocenters. The van der Waals surface area contributed by atoms with E-state index < -0.39 is 0 Å². The van der Waals surface area contributed by atoms with Crippen LogP contribution in [-0.4, -0.2) is 21.5 Å². The summed E-state index contributed by atoms with van der Waals surface area (Å²) in [5.41, 5.74) is 2.40. The van der Waals surface area contributed by atoms with Gasteiger partial charge in [0.1, 0.15) is 5.75 Å². The highest BCUT2D eigenvalue weighted by molar-refractivity contribution is 5.62. The molecule has 2 aromatic heterocycles. The molecule has 0 amide bonds. The van der Waals surface area contributed by atoms with Crippen molar-refractivity contribution >= 4 is 5.78 Å². The van der Waals surface area contributed by atoms with E-state index in [9.17, 15) is 4.79 Å². The summed E-state index contributed by atoms with van der Waals surface area (Å²) in [7, 11) is 1.63. The zero-order valence-corrected chi connectivity index (χ0v) is 10.7. The second-order valence-corrected chi connectivity index (χ2v) is 4.34. The van der Waals surface area contributed by atoms with E-state index >= 15 is 0 Å². The number of fused-ring (bicyclic) bond motifs is 1. The Kier molecular flexibility index (Phi) is 2.59. The first-order valence-corrected chi connectivity index (χ1v) is 5.91. The van der Waals surface area contributed by atoms with Gasteiger partial charge in [0.2, 0.25) is 5.78 Å². The van der Waals surface area contributed by atoms with Gasteiger partial charge in [-0.25, -0.2) is 4.98 Å². The van der Waals surface area contributed by atoms with Crippen molar-refractivity contribution in [1.82, 2.24) is 14.4 Å². The molecule has 19 heavy (non-hydrogen) atoms. The molecule has 1 N–H and O–H groups in total. The maximum Gasteiger partial charge on any atom is 0.259 e. The second-order valence-electron chi connectivity index (χ2n) is 4.34. The average molecular weight is 255 g/mol. The Hall–Kier alpha value is -2.56. The molecule has 2 heterocycles. The van der Waals surface area contributed by atoms with Crippen LogP contribution in [0.5, 0.6) is 5.75 Å². The quantitative estimate of drug-likeness (QED) is 0.762. The van der Waals surface area contributed by atoms with E-state index in [0.29, 0.717) is 5.78 Å². The van der Waals surface area contributed by atoms with E-state index in [1.807, 2.05) is 31.2 Å². The Labute approximate surface area is 109 Å². The summed E-state index contributed by atoms with van der Waals surface area (Å²) in [4.78, 5) is 19.3. The number of imidazole rings is 1. The van der Waals surface area contributed by atoms with E-state index in [0.717, 1.165) is 22.7 Å². The molecule has 0 radical (unpaired) electrons. The summed E-state index contributed by atoms with van der Waals surface area (Å²) in [5.74, 6) is 1.34. The number of aryl methyl sites for hydroxylation is 1. The molecule has 0 saturated heterocycles. The van der Waals surface area contributed by atoms with E-state index in [1.54, 1.807) is 19.4 Å². The number of hydrogen-bond acceptors (Lipinski definition) is 3. The second kappa shape index (κ2) is 4.28. The molecule has 0 aliphatic heterocycles. The minimum Gasteiger partial charge on any atom is -0.497 e. The van der Waals surface area contributed by atoms with Crippen molar-refractivity contribution in [3.05, 3.63) is 52.6 Å². The molecule has 0 aliphatic rings. The summed E-state index contributed by atoms with van der Waals surface area (Å²) in [6.45, 7) is 1.84. The lowest BCUT2D eigenvalue weighted by Crippen LogP contribution is -2.12. The molecule has 1 aromatic carbocycles. The first-order chi connectivity index (χ1) is 9.17. The van der Waals surface area contributed by atoms with Gasteiger partial charge >= 0.3 is 0 Å². The monoisotopic (exact) mass is 255 g/mol. The van der Waals surface area contributed by atoms with Crippen LogP contribution in [0.2, 0.25) is 0 Å². The molecule has 96 valence electrons. The van der Waals surface area contributed by atoms with Crippen LogP contribution in [0.1, 0.15) is 5.69 Å². The summed E-state index contributed by atoms with van der Waals surface area (Å²) < 4.78 is 6.62. The largest absolute Gasteiger partial charge is 0.497 e. The predicted molar refractivity (Wildman–Crippen MR) is 72.5 cm³/mol. The van der Waals surface area contributed by atoms with Crippen LogP contribution in [0.4, 0.5) is 0 Å². The lowest BCUT2D eigenvalue weighted by Gasteiger charge is -1.99. The standard InChI is InChI=1S/C14H13N3O2/c1-9-7-13(18)17-8-12(16-14(17)15-9)10-3-5-11(19-2)6-4-10/h3-8H,1-2H3,(H,15,16). The number of rotatable bonds is 2. The number of nitrogens with one attached hydrogen (secondary N) is 1. The van der Waals surface area contributed by atoms with Crippen molar-refractivity contribution in [2.45, 2.75) is 6.92 Å². The molecule has 5 heteroatoms. The zero-order chi connectivity index (χ0) is 13.4. The summed E-state index contributed by atoms with van der Waals surface area (Å²) in [6, 6.07) is 9.11. The third-order valence-corrected chi connectivity index (χ3v) is 2.98. The third-order valence-electron chi connectivity index (χ3n) is 2.98. The lowest BCUT2D eigenvalue weighted by atomic mass is 10.2. The lowest BCUT2D eigenvalue weighted by molar-refractivity contribution is 0.415. The summed E-state index contributed by atoms with van der Waals surface area (Å²) >= 11 is 0. The molecular weight excluding hydrogens is 242 g/mol. The van der Waals surface area contributed by atoms with Crippen molar-refractivity contribution in [3.63, 3.8) is 0 Å². The van der Waals surface area contributed by atoms with E-state index in [1.165, 1.54) is 4.40 Å². The van der Waals surface area contributed by atoms with Crippen molar-refractivity contribution in [1.29, 1.82) is 0 Å². The highest BCUT2D eigenvalue weighted by Gasteiger charge is 2.07. The maximum atomic E-state index is 11.8. The SMILES string of the molecule is COc1ccc(-c2cn3c(=O)cc(C)[nH]c3n2)cc1. The van der Waals surface area contributed by atoms with Gasteiger partial charge in [0.25, 0.3) is 5.56 Å². The maximum absolute atomic E-state index is 11.8. The fraction of sp³-hybridized carbons (Fsp3) is 0.143. The van der Waals surface area contributed by atoms with Crippen LogP contribution in [0.25, 0.3) is 17.0 Å². The van der Waals surface area contributed by atoms with Crippen molar-refractivity contribution in [3.8, 4) is 17.0 Å². The molecule has 0 atom stereocenters. The van der Waals surface area contributed by atoms with Gasteiger partial charge in [-0.15, -0.1) is 0 Å². The van der Waals surface area contributed by atoms with Gasteiger partial charge in [0.15, 0.2) is 0 Å². The number of ether oxygens (including phenoxy) is 1. The number of aromatic nitrogens is 3. The predicted octanol–water partition coefficient (Wildman–Crippen LogP) is 2.01. The molecule has 0 saturated carbocycles. The smallest absolute Gasteiger partial charge is 0.259 e. The zero-order valence-electron chi connectivity index (χ0n) is 10.7. The fourth-order valence-corrected chi connectivity index (χ4v) is 2.00. The third kappa shape index (κ3) is 1.99. The summed E-state index contributed by atoms with van der Waals surface area (Å²) in [5, 5.41) is 0. The van der Waals surface area contributed by atoms with E-state index in [-0.39, 0.29) is 5.56 Å². The first-order valence-electron chi connectivity index (χ1n) is 5.91. The van der Waals surface area contributed by atoms with Gasteiger partial charge in [-0.2, -0.15) is 0 Å². The van der Waals surface area contributed by atoms with Crippen molar-refractivity contribution in [2.75, 3.05) is 7.11 Å². The van der Waals surface area contributed by atoms with Gasteiger partial charge in [-0.1, -0.05) is 0 Å². The Balaban J connectivity index is 2.14. The van der Waals surface area contributed by atoms with Crippen LogP contribution in [-0.2, 0) is 0 Å². The average Bonchev–Trinajstić information content (AvgIpc) is 2.83. The Morgan fingerprint density at radius 3 is 2.68 bits per heavy atom. The number of hydrogen-bond donors (Lipinski definition) is 1. The van der Waals surface area contributed by atoms with E-state index in [2.05, 4.69) is 9.97 Å². The molecule has 0 fully saturated rings. The molecule has 5 nitrogen and oxygen atoms in total. The highest BCUT2D eigenvalue weighted by atomic mass is 16.5. The van der Waals surface area contributed by atoms with Crippen LogP contribution >= 0.6 is 0 Å². The number of aromatic amines is 1. The van der Waals surface area contributed by atoms with Crippen LogP contribution in [0, 0.1) is 6.92 Å². The van der Waals surface area contributed by atoms with Crippen LogP contribution in [0.15, 0.2) is 41.3 Å².